The SMILES string of the molecule is C[C@H]1CC[C@H](C)C12CCCC(=O)C2. The minimum absolute atomic E-state index is 0.412. The lowest BCUT2D eigenvalue weighted by molar-refractivity contribution is -0.125. The van der Waals surface area contributed by atoms with Gasteiger partial charge in [0.2, 0.25) is 0 Å². The third-order valence-electron chi connectivity index (χ3n) is 4.62. The molecular weight excluding hydrogens is 160 g/mol. The molecular formula is C12H20O. The molecule has 0 aliphatic heterocycles. The number of Topliss-reactive ketones (excluding diaryl/α,β-unsaturated/α-hetero) is 1. The summed E-state index contributed by atoms with van der Waals surface area (Å²) in [6.07, 6.45) is 6.87. The largest absolute Gasteiger partial charge is 0.300 e. The molecule has 0 aromatic heterocycles. The van der Waals surface area contributed by atoms with Crippen LogP contribution in [0.2, 0.25) is 0 Å². The summed E-state index contributed by atoms with van der Waals surface area (Å²) in [6, 6.07) is 0. The van der Waals surface area contributed by atoms with Crippen molar-refractivity contribution in [3.63, 3.8) is 0 Å². The van der Waals surface area contributed by atoms with Crippen LogP contribution in [0.4, 0.5) is 0 Å². The Morgan fingerprint density at radius 2 is 1.85 bits per heavy atom. The summed E-state index contributed by atoms with van der Waals surface area (Å²) >= 11 is 0. The molecule has 1 spiro atoms. The standard InChI is InChI=1S/C12H20O/c1-9-5-6-10(2)12(9)7-3-4-11(13)8-12/h9-10H,3-8H2,1-2H3/t9-,10-/m0/s1. The predicted molar refractivity (Wildman–Crippen MR) is 53.5 cm³/mol. The zero-order chi connectivity index (χ0) is 9.47. The average molecular weight is 180 g/mol. The van der Waals surface area contributed by atoms with Crippen LogP contribution in [-0.2, 0) is 4.79 Å². The summed E-state index contributed by atoms with van der Waals surface area (Å²) in [5, 5.41) is 0. The summed E-state index contributed by atoms with van der Waals surface area (Å²) < 4.78 is 0. The second kappa shape index (κ2) is 3.11. The van der Waals surface area contributed by atoms with E-state index in [0.717, 1.165) is 31.1 Å². The van der Waals surface area contributed by atoms with E-state index in [4.69, 9.17) is 0 Å². The highest BCUT2D eigenvalue weighted by Gasteiger charge is 2.47. The van der Waals surface area contributed by atoms with Gasteiger partial charge in [-0.3, -0.25) is 4.79 Å². The Bertz CT molecular complexity index is 209. The zero-order valence-corrected chi connectivity index (χ0v) is 8.81. The monoisotopic (exact) mass is 180 g/mol. The van der Waals surface area contributed by atoms with Crippen LogP contribution in [0.15, 0.2) is 0 Å². The molecule has 1 heteroatoms. The molecule has 0 bridgehead atoms. The lowest BCUT2D eigenvalue weighted by Gasteiger charge is -2.40. The van der Waals surface area contributed by atoms with Crippen LogP contribution in [0.25, 0.3) is 0 Å². The van der Waals surface area contributed by atoms with Gasteiger partial charge in [-0.15, -0.1) is 0 Å². The van der Waals surface area contributed by atoms with Crippen LogP contribution in [0, 0.1) is 17.3 Å². The van der Waals surface area contributed by atoms with Crippen molar-refractivity contribution < 1.29 is 4.79 Å². The first-order chi connectivity index (χ1) is 6.15. The summed E-state index contributed by atoms with van der Waals surface area (Å²) in [5.74, 6) is 2.09. The van der Waals surface area contributed by atoms with Crippen LogP contribution < -0.4 is 0 Å². The fraction of sp³-hybridized carbons (Fsp3) is 0.917. The molecule has 0 radical (unpaired) electrons. The highest BCUT2D eigenvalue weighted by molar-refractivity contribution is 5.80. The van der Waals surface area contributed by atoms with E-state index >= 15 is 0 Å². The van der Waals surface area contributed by atoms with Crippen molar-refractivity contribution in [3.05, 3.63) is 0 Å². The first-order valence-electron chi connectivity index (χ1n) is 5.67. The van der Waals surface area contributed by atoms with E-state index in [9.17, 15) is 4.79 Å². The molecule has 2 rings (SSSR count). The Balaban J connectivity index is 2.21. The zero-order valence-electron chi connectivity index (χ0n) is 8.81. The summed E-state index contributed by atoms with van der Waals surface area (Å²) in [5.41, 5.74) is 0.412. The number of ketones is 1. The summed E-state index contributed by atoms with van der Waals surface area (Å²) in [4.78, 5) is 11.5. The van der Waals surface area contributed by atoms with E-state index in [1.165, 1.54) is 19.3 Å². The van der Waals surface area contributed by atoms with Crippen molar-refractivity contribution in [2.24, 2.45) is 17.3 Å². The number of hydrogen-bond donors (Lipinski definition) is 0. The molecule has 2 aliphatic rings. The molecule has 0 saturated heterocycles. The molecule has 0 aromatic carbocycles. The Morgan fingerprint density at radius 3 is 2.38 bits per heavy atom. The highest BCUT2D eigenvalue weighted by atomic mass is 16.1. The van der Waals surface area contributed by atoms with Crippen molar-refractivity contribution in [2.75, 3.05) is 0 Å². The number of rotatable bonds is 0. The third kappa shape index (κ3) is 1.33. The fourth-order valence-corrected chi connectivity index (χ4v) is 3.56. The molecule has 13 heavy (non-hydrogen) atoms. The van der Waals surface area contributed by atoms with Crippen molar-refractivity contribution in [2.45, 2.75) is 52.4 Å². The molecule has 0 heterocycles. The molecule has 0 N–H and O–H groups in total. The maximum Gasteiger partial charge on any atom is 0.133 e. The quantitative estimate of drug-likeness (QED) is 0.559. The topological polar surface area (TPSA) is 17.1 Å². The summed E-state index contributed by atoms with van der Waals surface area (Å²) in [6.45, 7) is 4.70. The van der Waals surface area contributed by atoms with Gasteiger partial charge in [0, 0.05) is 12.8 Å². The van der Waals surface area contributed by atoms with Crippen LogP contribution in [0.3, 0.4) is 0 Å². The number of carbonyl (C=O) groups is 1. The second-order valence-corrected chi connectivity index (χ2v) is 5.18. The van der Waals surface area contributed by atoms with Gasteiger partial charge in [-0.2, -0.15) is 0 Å². The number of carbonyl (C=O) groups excluding carboxylic acids is 1. The van der Waals surface area contributed by atoms with Crippen LogP contribution >= 0.6 is 0 Å². The Morgan fingerprint density at radius 1 is 1.23 bits per heavy atom. The molecule has 2 atom stereocenters. The van der Waals surface area contributed by atoms with E-state index in [1.54, 1.807) is 0 Å². The molecule has 0 unspecified atom stereocenters. The Hall–Kier alpha value is -0.330. The molecule has 2 fully saturated rings. The van der Waals surface area contributed by atoms with Gasteiger partial charge in [0.25, 0.3) is 0 Å². The minimum Gasteiger partial charge on any atom is -0.300 e. The van der Waals surface area contributed by atoms with Gasteiger partial charge in [-0.25, -0.2) is 0 Å². The first kappa shape index (κ1) is 9.23. The van der Waals surface area contributed by atoms with Crippen LogP contribution in [0.5, 0.6) is 0 Å². The van der Waals surface area contributed by atoms with Crippen LogP contribution in [-0.4, -0.2) is 5.78 Å². The summed E-state index contributed by atoms with van der Waals surface area (Å²) in [7, 11) is 0. The Kier molecular flexibility index (Phi) is 2.21. The maximum absolute atomic E-state index is 11.5. The average Bonchev–Trinajstić information content (AvgIpc) is 2.34. The van der Waals surface area contributed by atoms with Gasteiger partial charge in [-0.1, -0.05) is 13.8 Å². The second-order valence-electron chi connectivity index (χ2n) is 5.18. The van der Waals surface area contributed by atoms with Crippen molar-refractivity contribution in [1.29, 1.82) is 0 Å². The van der Waals surface area contributed by atoms with Gasteiger partial charge >= 0.3 is 0 Å². The van der Waals surface area contributed by atoms with Crippen molar-refractivity contribution in [1.82, 2.24) is 0 Å². The molecule has 1 nitrogen and oxygen atoms in total. The lowest BCUT2D eigenvalue weighted by atomic mass is 9.64. The van der Waals surface area contributed by atoms with E-state index < -0.39 is 0 Å². The van der Waals surface area contributed by atoms with Gasteiger partial charge in [0.05, 0.1) is 0 Å². The van der Waals surface area contributed by atoms with Crippen molar-refractivity contribution >= 4 is 5.78 Å². The van der Waals surface area contributed by atoms with Gasteiger partial charge in [0.15, 0.2) is 0 Å². The molecule has 0 amide bonds. The number of hydrogen-bond acceptors (Lipinski definition) is 1. The highest BCUT2D eigenvalue weighted by Crippen LogP contribution is 2.55. The van der Waals surface area contributed by atoms with E-state index in [1.807, 2.05) is 0 Å². The molecule has 2 saturated carbocycles. The Labute approximate surface area is 80.9 Å². The van der Waals surface area contributed by atoms with E-state index in [2.05, 4.69) is 13.8 Å². The van der Waals surface area contributed by atoms with Crippen molar-refractivity contribution in [3.8, 4) is 0 Å². The normalized spacial score (nSPS) is 38.5. The lowest BCUT2D eigenvalue weighted by Crippen LogP contribution is -2.35. The predicted octanol–water partition coefficient (Wildman–Crippen LogP) is 3.18. The molecule has 74 valence electrons. The molecule has 2 aliphatic carbocycles. The van der Waals surface area contributed by atoms with Gasteiger partial charge in [0.1, 0.15) is 5.78 Å². The van der Waals surface area contributed by atoms with Gasteiger partial charge in [-0.05, 0) is 42.9 Å². The molecule has 0 aromatic rings. The minimum atomic E-state index is 0.412. The fourth-order valence-electron chi connectivity index (χ4n) is 3.56. The smallest absolute Gasteiger partial charge is 0.133 e. The first-order valence-corrected chi connectivity index (χ1v) is 5.67. The van der Waals surface area contributed by atoms with E-state index in [0.29, 0.717) is 11.2 Å². The van der Waals surface area contributed by atoms with Crippen LogP contribution in [0.1, 0.15) is 52.4 Å². The van der Waals surface area contributed by atoms with Gasteiger partial charge < -0.3 is 0 Å². The third-order valence-corrected chi connectivity index (χ3v) is 4.62. The maximum atomic E-state index is 11.5. The van der Waals surface area contributed by atoms with E-state index in [-0.39, 0.29) is 0 Å².